The fourth-order valence-electron chi connectivity index (χ4n) is 2.71. The summed E-state index contributed by atoms with van der Waals surface area (Å²) >= 11 is 0. The zero-order valence-electron chi connectivity index (χ0n) is 13.8. The Balaban J connectivity index is 0.00000192. The number of ether oxygens (including phenoxy) is 1. The van der Waals surface area contributed by atoms with E-state index in [0.717, 1.165) is 22.3 Å². The zero-order valence-corrected chi connectivity index (χ0v) is 16.0. The van der Waals surface area contributed by atoms with Crippen molar-refractivity contribution in [1.29, 1.82) is 0 Å². The van der Waals surface area contributed by atoms with Crippen LogP contribution in [-0.2, 0) is 13.2 Å². The second-order valence-corrected chi connectivity index (χ2v) is 6.72. The highest BCUT2D eigenvalue weighted by atomic mass is 127. The summed E-state index contributed by atoms with van der Waals surface area (Å²) < 4.78 is 6.98. The third-order valence-electron chi connectivity index (χ3n) is 3.63. The van der Waals surface area contributed by atoms with Crippen molar-refractivity contribution in [1.82, 2.24) is 4.98 Å². The van der Waals surface area contributed by atoms with Crippen LogP contribution in [0.5, 0.6) is 5.75 Å². The summed E-state index contributed by atoms with van der Waals surface area (Å²) in [6, 6.07) is 16.5. The first-order valence-corrected chi connectivity index (χ1v) is 7.59. The maximum atomic E-state index is 6.09. The van der Waals surface area contributed by atoms with E-state index in [9.17, 15) is 0 Å². The highest BCUT2D eigenvalue weighted by molar-refractivity contribution is 5.89. The minimum Gasteiger partial charge on any atom is -1.00 e. The number of aromatic nitrogens is 1. The van der Waals surface area contributed by atoms with Crippen molar-refractivity contribution in [2.75, 3.05) is 21.1 Å². The van der Waals surface area contributed by atoms with Gasteiger partial charge < -0.3 is 38.2 Å². The number of hydrogen-bond donors (Lipinski definition) is 1. The third-order valence-corrected chi connectivity index (χ3v) is 3.63. The Morgan fingerprint density at radius 3 is 2.39 bits per heavy atom. The molecule has 3 aromatic rings. The highest BCUT2D eigenvalue weighted by Gasteiger charge is 2.16. The van der Waals surface area contributed by atoms with Crippen LogP contribution in [0, 0.1) is 0 Å². The quantitative estimate of drug-likeness (QED) is 0.481. The minimum absolute atomic E-state index is 0. The molecule has 2 aromatic carbocycles. The number of hydrogen-bond acceptors (Lipinski definition) is 1. The van der Waals surface area contributed by atoms with E-state index in [1.54, 1.807) is 0 Å². The van der Waals surface area contributed by atoms with Gasteiger partial charge in [0.1, 0.15) is 18.9 Å². The van der Waals surface area contributed by atoms with E-state index in [0.29, 0.717) is 6.61 Å². The summed E-state index contributed by atoms with van der Waals surface area (Å²) in [4.78, 5) is 3.36. The van der Waals surface area contributed by atoms with Crippen molar-refractivity contribution in [2.24, 2.45) is 0 Å². The Hall–Kier alpha value is -1.53. The number of quaternary nitrogens is 1. The van der Waals surface area contributed by atoms with Gasteiger partial charge in [-0.15, -0.1) is 0 Å². The third kappa shape index (κ3) is 4.48. The number of halogens is 1. The molecule has 0 atom stereocenters. The molecule has 0 bridgehead atoms. The molecule has 0 saturated heterocycles. The number of H-pyrrole nitrogens is 1. The molecule has 1 aromatic heterocycles. The van der Waals surface area contributed by atoms with Crippen molar-refractivity contribution in [3.8, 4) is 5.75 Å². The van der Waals surface area contributed by atoms with Crippen molar-refractivity contribution in [3.63, 3.8) is 0 Å². The topological polar surface area (TPSA) is 25.0 Å². The Morgan fingerprint density at radius 1 is 0.957 bits per heavy atom. The molecule has 3 nitrogen and oxygen atoms in total. The molecule has 0 unspecified atom stereocenters. The van der Waals surface area contributed by atoms with Crippen LogP contribution in [0.1, 0.15) is 11.1 Å². The first-order valence-electron chi connectivity index (χ1n) is 7.59. The van der Waals surface area contributed by atoms with E-state index in [1.165, 1.54) is 16.5 Å². The molecule has 0 aliphatic rings. The summed E-state index contributed by atoms with van der Waals surface area (Å²) in [6.45, 7) is 1.56. The minimum atomic E-state index is 0. The molecule has 1 N–H and O–H groups in total. The van der Waals surface area contributed by atoms with Crippen molar-refractivity contribution < 1.29 is 33.2 Å². The summed E-state index contributed by atoms with van der Waals surface area (Å²) in [6.07, 6.45) is 2.10. The number of benzene rings is 2. The van der Waals surface area contributed by atoms with Gasteiger partial charge in [-0.2, -0.15) is 0 Å². The molecular weight excluding hydrogens is 399 g/mol. The van der Waals surface area contributed by atoms with Gasteiger partial charge in [-0.3, -0.25) is 0 Å². The SMILES string of the molecule is C[N+](C)(C)Cc1c[nH]c2cccc(OCc3ccccc3)c12.[I-]. The molecule has 23 heavy (non-hydrogen) atoms. The standard InChI is InChI=1S/C19H23N2O.HI/c1-21(2,3)13-16-12-20-17-10-7-11-18(19(16)17)22-14-15-8-5-4-6-9-15;/h4-12,20H,13-14H2,1-3H3;1H/q+1;/p-1. The van der Waals surface area contributed by atoms with Crippen LogP contribution in [0.2, 0.25) is 0 Å². The first-order chi connectivity index (χ1) is 10.5. The van der Waals surface area contributed by atoms with Crippen LogP contribution in [0.3, 0.4) is 0 Å². The number of fused-ring (bicyclic) bond motifs is 1. The van der Waals surface area contributed by atoms with Crippen molar-refractivity contribution in [2.45, 2.75) is 13.2 Å². The predicted molar refractivity (Wildman–Crippen MR) is 90.8 cm³/mol. The summed E-state index contributed by atoms with van der Waals surface area (Å²) in [5.74, 6) is 0.950. The van der Waals surface area contributed by atoms with E-state index < -0.39 is 0 Å². The number of nitrogens with one attached hydrogen (secondary N) is 1. The lowest BCUT2D eigenvalue weighted by molar-refractivity contribution is -0.883. The van der Waals surface area contributed by atoms with E-state index in [4.69, 9.17) is 4.74 Å². The summed E-state index contributed by atoms with van der Waals surface area (Å²) in [7, 11) is 6.60. The van der Waals surface area contributed by atoms with Gasteiger partial charge in [-0.05, 0) is 17.7 Å². The van der Waals surface area contributed by atoms with Gasteiger partial charge in [-0.25, -0.2) is 0 Å². The molecule has 3 rings (SSSR count). The molecule has 0 spiro atoms. The summed E-state index contributed by atoms with van der Waals surface area (Å²) in [5, 5.41) is 1.20. The van der Waals surface area contributed by atoms with Gasteiger partial charge in [-0.1, -0.05) is 36.4 Å². The number of aromatic amines is 1. The van der Waals surface area contributed by atoms with Crippen molar-refractivity contribution >= 4 is 10.9 Å². The Morgan fingerprint density at radius 2 is 1.70 bits per heavy atom. The van der Waals surface area contributed by atoms with E-state index in [-0.39, 0.29) is 24.0 Å². The summed E-state index contributed by atoms with van der Waals surface area (Å²) in [5.41, 5.74) is 3.61. The number of nitrogens with zero attached hydrogens (tertiary/aromatic N) is 1. The van der Waals surface area contributed by atoms with E-state index in [1.807, 2.05) is 24.3 Å². The second-order valence-electron chi connectivity index (χ2n) is 6.72. The van der Waals surface area contributed by atoms with Gasteiger partial charge in [0.15, 0.2) is 0 Å². The van der Waals surface area contributed by atoms with Gasteiger partial charge in [0.2, 0.25) is 0 Å². The molecule has 1 heterocycles. The lowest BCUT2D eigenvalue weighted by Gasteiger charge is -2.23. The molecule has 0 amide bonds. The maximum absolute atomic E-state index is 6.09. The highest BCUT2D eigenvalue weighted by Crippen LogP contribution is 2.30. The zero-order chi connectivity index (χ0) is 15.6. The van der Waals surface area contributed by atoms with Gasteiger partial charge >= 0.3 is 0 Å². The van der Waals surface area contributed by atoms with Crippen LogP contribution >= 0.6 is 0 Å². The van der Waals surface area contributed by atoms with Crippen molar-refractivity contribution in [3.05, 3.63) is 65.9 Å². The fraction of sp³-hybridized carbons (Fsp3) is 0.263. The molecule has 0 fully saturated rings. The smallest absolute Gasteiger partial charge is 0.129 e. The lowest BCUT2D eigenvalue weighted by Crippen LogP contribution is -3.00. The second kappa shape index (κ2) is 7.36. The molecule has 0 saturated carbocycles. The molecule has 122 valence electrons. The Labute approximate surface area is 154 Å². The molecular formula is C19H23IN2O. The predicted octanol–water partition coefficient (Wildman–Crippen LogP) is 0.957. The largest absolute Gasteiger partial charge is 1.00 e. The Bertz CT molecular complexity index is 760. The van der Waals surface area contributed by atoms with Gasteiger partial charge in [0.05, 0.1) is 26.5 Å². The normalized spacial score (nSPS) is 11.3. The monoisotopic (exact) mass is 422 g/mol. The molecule has 0 radical (unpaired) electrons. The van der Waals surface area contributed by atoms with Crippen LogP contribution in [0.25, 0.3) is 10.9 Å². The number of rotatable bonds is 5. The van der Waals surface area contributed by atoms with Crippen LogP contribution < -0.4 is 28.7 Å². The molecule has 4 heteroatoms. The average molecular weight is 422 g/mol. The van der Waals surface area contributed by atoms with Crippen LogP contribution in [-0.4, -0.2) is 30.6 Å². The molecule has 0 aliphatic heterocycles. The molecule has 0 aliphatic carbocycles. The van der Waals surface area contributed by atoms with Gasteiger partial charge in [0.25, 0.3) is 0 Å². The van der Waals surface area contributed by atoms with Crippen LogP contribution in [0.15, 0.2) is 54.7 Å². The lowest BCUT2D eigenvalue weighted by atomic mass is 10.1. The van der Waals surface area contributed by atoms with E-state index in [2.05, 4.69) is 56.6 Å². The van der Waals surface area contributed by atoms with Gasteiger partial charge in [0, 0.05) is 17.3 Å². The van der Waals surface area contributed by atoms with Crippen LogP contribution in [0.4, 0.5) is 0 Å². The fourth-order valence-corrected chi connectivity index (χ4v) is 2.71. The van der Waals surface area contributed by atoms with E-state index >= 15 is 0 Å². The average Bonchev–Trinajstić information content (AvgIpc) is 2.88. The first kappa shape index (κ1) is 17.8. The Kier molecular flexibility index (Phi) is 5.70. The maximum Gasteiger partial charge on any atom is 0.129 e.